The topological polar surface area (TPSA) is 96.0 Å². The molecule has 4 atom stereocenters. The van der Waals surface area contributed by atoms with E-state index in [4.69, 9.17) is 14.2 Å². The van der Waals surface area contributed by atoms with Crippen molar-refractivity contribution in [2.24, 2.45) is 17.8 Å². The predicted octanol–water partition coefficient (Wildman–Crippen LogP) is 0.475. The molecule has 0 N–H and O–H groups in total. The summed E-state index contributed by atoms with van der Waals surface area (Å²) in [5.41, 5.74) is -1.26. The third kappa shape index (κ3) is 1.95. The molecule has 0 aromatic rings. The number of hydrogen-bond acceptors (Lipinski definition) is 7. The van der Waals surface area contributed by atoms with E-state index in [0.717, 1.165) is 0 Å². The summed E-state index contributed by atoms with van der Waals surface area (Å²) in [5.74, 6) is -4.16. The minimum absolute atomic E-state index is 0.280. The minimum Gasteiger partial charge on any atom is -0.454 e. The van der Waals surface area contributed by atoms with E-state index in [1.165, 1.54) is 19.9 Å². The van der Waals surface area contributed by atoms with E-state index < -0.39 is 47.2 Å². The molecule has 1 saturated carbocycles. The smallest absolute Gasteiger partial charge is 0.321 e. The first-order chi connectivity index (χ1) is 9.84. The summed E-state index contributed by atoms with van der Waals surface area (Å²) in [6.45, 7) is 2.48. The van der Waals surface area contributed by atoms with Gasteiger partial charge in [-0.3, -0.25) is 19.2 Å². The molecule has 0 aromatic heterocycles. The van der Waals surface area contributed by atoms with Gasteiger partial charge in [-0.1, -0.05) is 0 Å². The molecule has 0 radical (unpaired) electrons. The minimum atomic E-state index is -1.26. The SMILES string of the molecule is CC(=O)OC1=C[C@]2(OC(C)=O)CC[C@@H]1[C@H]1C(=O)OC(=O)[C@@H]12. The van der Waals surface area contributed by atoms with E-state index in [2.05, 4.69) is 0 Å². The van der Waals surface area contributed by atoms with Gasteiger partial charge in [-0.05, 0) is 18.9 Å². The average molecular weight is 294 g/mol. The van der Waals surface area contributed by atoms with Crippen LogP contribution in [-0.4, -0.2) is 29.5 Å². The Morgan fingerprint density at radius 2 is 1.95 bits per heavy atom. The Bertz CT molecular complexity index is 590. The Morgan fingerprint density at radius 1 is 1.24 bits per heavy atom. The van der Waals surface area contributed by atoms with Crippen LogP contribution in [0.5, 0.6) is 0 Å². The quantitative estimate of drug-likeness (QED) is 0.415. The molecule has 0 aromatic carbocycles. The molecule has 1 aliphatic heterocycles. The highest BCUT2D eigenvalue weighted by atomic mass is 16.6. The molecule has 1 saturated heterocycles. The molecule has 7 nitrogen and oxygen atoms in total. The van der Waals surface area contributed by atoms with Crippen molar-refractivity contribution in [1.29, 1.82) is 0 Å². The first kappa shape index (κ1) is 13.8. The molecule has 112 valence electrons. The molecular formula is C14H14O7. The van der Waals surface area contributed by atoms with Crippen molar-refractivity contribution in [1.82, 2.24) is 0 Å². The number of allylic oxidation sites excluding steroid dienone is 1. The van der Waals surface area contributed by atoms with E-state index >= 15 is 0 Å². The third-order valence-corrected chi connectivity index (χ3v) is 4.24. The van der Waals surface area contributed by atoms with Gasteiger partial charge in [0.15, 0.2) is 0 Å². The zero-order valence-corrected chi connectivity index (χ0v) is 11.6. The molecule has 2 fully saturated rings. The summed E-state index contributed by atoms with van der Waals surface area (Å²) in [6, 6.07) is 0. The van der Waals surface area contributed by atoms with Gasteiger partial charge in [0.1, 0.15) is 17.3 Å². The van der Waals surface area contributed by atoms with Crippen molar-refractivity contribution in [3.05, 3.63) is 11.8 Å². The van der Waals surface area contributed by atoms with E-state index in [0.29, 0.717) is 12.8 Å². The third-order valence-electron chi connectivity index (χ3n) is 4.24. The van der Waals surface area contributed by atoms with Gasteiger partial charge >= 0.3 is 23.9 Å². The number of cyclic esters (lactones) is 2. The lowest BCUT2D eigenvalue weighted by Gasteiger charge is -2.47. The van der Waals surface area contributed by atoms with Gasteiger partial charge in [0, 0.05) is 19.8 Å². The molecular weight excluding hydrogens is 280 g/mol. The van der Waals surface area contributed by atoms with Crippen LogP contribution in [0.3, 0.4) is 0 Å². The highest BCUT2D eigenvalue weighted by Gasteiger charge is 2.66. The summed E-state index contributed by atoms with van der Waals surface area (Å²) in [7, 11) is 0. The summed E-state index contributed by atoms with van der Waals surface area (Å²) >= 11 is 0. The lowest BCUT2D eigenvalue weighted by molar-refractivity contribution is -0.172. The van der Waals surface area contributed by atoms with Crippen LogP contribution in [-0.2, 0) is 33.4 Å². The second-order valence-corrected chi connectivity index (χ2v) is 5.58. The zero-order chi connectivity index (χ0) is 15.4. The second kappa shape index (κ2) is 4.41. The normalized spacial score (nSPS) is 36.7. The average Bonchev–Trinajstić information content (AvgIpc) is 2.65. The van der Waals surface area contributed by atoms with Crippen LogP contribution in [0.2, 0.25) is 0 Å². The molecule has 2 bridgehead atoms. The zero-order valence-electron chi connectivity index (χ0n) is 11.6. The van der Waals surface area contributed by atoms with Gasteiger partial charge in [-0.25, -0.2) is 0 Å². The monoisotopic (exact) mass is 294 g/mol. The van der Waals surface area contributed by atoms with Gasteiger partial charge in [0.05, 0.1) is 5.92 Å². The molecule has 4 aliphatic rings. The maximum absolute atomic E-state index is 12.0. The number of carbonyl (C=O) groups is 4. The highest BCUT2D eigenvalue weighted by molar-refractivity contribution is 5.98. The summed E-state index contributed by atoms with van der Waals surface area (Å²) < 4.78 is 15.2. The largest absolute Gasteiger partial charge is 0.454 e. The standard InChI is InChI=1S/C14H14O7/c1-6(15)19-9-5-14(21-7(2)16)4-3-8(9)10-11(14)13(18)20-12(10)17/h5,8,10-11H,3-4H2,1-2H3/t8-,10+,11+,14+/m0/s1. The van der Waals surface area contributed by atoms with Gasteiger partial charge < -0.3 is 14.2 Å². The molecule has 7 heteroatoms. The van der Waals surface area contributed by atoms with Crippen molar-refractivity contribution >= 4 is 23.9 Å². The van der Waals surface area contributed by atoms with Gasteiger partial charge in [0.25, 0.3) is 0 Å². The molecule has 4 rings (SSSR count). The van der Waals surface area contributed by atoms with Gasteiger partial charge in [-0.2, -0.15) is 0 Å². The van der Waals surface area contributed by atoms with Crippen molar-refractivity contribution in [2.75, 3.05) is 0 Å². The van der Waals surface area contributed by atoms with Crippen molar-refractivity contribution in [2.45, 2.75) is 32.3 Å². The van der Waals surface area contributed by atoms with Crippen LogP contribution in [0.1, 0.15) is 26.7 Å². The van der Waals surface area contributed by atoms with Crippen molar-refractivity contribution in [3.63, 3.8) is 0 Å². The fraction of sp³-hybridized carbons (Fsp3) is 0.571. The van der Waals surface area contributed by atoms with Gasteiger partial charge in [0.2, 0.25) is 0 Å². The first-order valence-corrected chi connectivity index (χ1v) is 6.70. The predicted molar refractivity (Wildman–Crippen MR) is 65.1 cm³/mol. The molecule has 0 spiro atoms. The Kier molecular flexibility index (Phi) is 2.89. The Balaban J connectivity index is 2.08. The van der Waals surface area contributed by atoms with Gasteiger partial charge in [-0.15, -0.1) is 0 Å². The molecule has 21 heavy (non-hydrogen) atoms. The Morgan fingerprint density at radius 3 is 2.57 bits per heavy atom. The Labute approximate surface area is 120 Å². The second-order valence-electron chi connectivity index (χ2n) is 5.58. The van der Waals surface area contributed by atoms with Crippen molar-refractivity contribution in [3.8, 4) is 0 Å². The maximum atomic E-state index is 12.0. The fourth-order valence-electron chi connectivity index (χ4n) is 3.64. The lowest BCUT2D eigenvalue weighted by Crippen LogP contribution is -2.55. The number of fused-ring (bicyclic) bond motifs is 1. The number of ether oxygens (including phenoxy) is 3. The Hall–Kier alpha value is -2.18. The van der Waals surface area contributed by atoms with Crippen LogP contribution in [0.25, 0.3) is 0 Å². The number of carbonyl (C=O) groups excluding carboxylic acids is 4. The number of esters is 4. The van der Waals surface area contributed by atoms with Crippen molar-refractivity contribution < 1.29 is 33.4 Å². The molecule has 3 aliphatic carbocycles. The van der Waals surface area contributed by atoms with E-state index in [1.54, 1.807) is 0 Å². The van der Waals surface area contributed by atoms with Crippen LogP contribution in [0.15, 0.2) is 11.8 Å². The summed E-state index contributed by atoms with van der Waals surface area (Å²) in [6.07, 6.45) is 2.37. The summed E-state index contributed by atoms with van der Waals surface area (Å²) in [5, 5.41) is 0. The van der Waals surface area contributed by atoms with Crippen LogP contribution < -0.4 is 0 Å². The van der Waals surface area contributed by atoms with E-state index in [-0.39, 0.29) is 5.76 Å². The highest BCUT2D eigenvalue weighted by Crippen LogP contribution is 2.55. The molecule has 1 heterocycles. The summed E-state index contributed by atoms with van der Waals surface area (Å²) in [4.78, 5) is 46.5. The number of rotatable bonds is 2. The van der Waals surface area contributed by atoms with E-state index in [9.17, 15) is 19.2 Å². The van der Waals surface area contributed by atoms with E-state index in [1.807, 2.05) is 0 Å². The van der Waals surface area contributed by atoms with Crippen LogP contribution >= 0.6 is 0 Å². The lowest BCUT2D eigenvalue weighted by atomic mass is 9.59. The maximum Gasteiger partial charge on any atom is 0.321 e. The fourth-order valence-corrected chi connectivity index (χ4v) is 3.64. The first-order valence-electron chi connectivity index (χ1n) is 6.70. The number of hydrogen-bond donors (Lipinski definition) is 0. The molecule has 0 amide bonds. The molecule has 0 unspecified atom stereocenters. The van der Waals surface area contributed by atoms with Crippen LogP contribution in [0.4, 0.5) is 0 Å². The van der Waals surface area contributed by atoms with Crippen LogP contribution in [0, 0.1) is 17.8 Å².